The van der Waals surface area contributed by atoms with Gasteiger partial charge in [-0.05, 0) is 109 Å². The van der Waals surface area contributed by atoms with E-state index in [0.717, 1.165) is 22.7 Å². The molecule has 0 unspecified atom stereocenters. The van der Waals surface area contributed by atoms with Crippen LogP contribution in [0.2, 0.25) is 0 Å². The number of nitrogens with zero attached hydrogens (tertiary/aromatic N) is 2. The number of rotatable bonds is 9. The Balaban J connectivity index is 1.10. The van der Waals surface area contributed by atoms with Gasteiger partial charge in [0, 0.05) is 34.1 Å². The minimum Gasteiger partial charge on any atom is -0.311 e. The van der Waals surface area contributed by atoms with E-state index in [1.165, 1.54) is 65.5 Å². The summed E-state index contributed by atoms with van der Waals surface area (Å²) in [5, 5.41) is 5.48. The van der Waals surface area contributed by atoms with Crippen molar-refractivity contribution < 1.29 is 0 Å². The number of benzene rings is 10. The van der Waals surface area contributed by atoms with Crippen LogP contribution in [-0.4, -0.2) is 8.07 Å². The SMILES string of the molecule is c1ccc(-c2ccc(-c3ccc(N(c4ccc(-c5ccccc5)cc4)c4ccc5c(c4)N(c4ccccc4)c4ccccc4[Si]5(c4ccccc4)c4ccccc4)cc3)cc2)cc1. The number of para-hydroxylation sites is 2. The highest BCUT2D eigenvalue weighted by molar-refractivity contribution is 7.21. The van der Waals surface area contributed by atoms with Gasteiger partial charge in [-0.2, -0.15) is 0 Å². The maximum Gasteiger partial charge on any atom is 0.184 e. The van der Waals surface area contributed by atoms with Gasteiger partial charge in [0.2, 0.25) is 0 Å². The van der Waals surface area contributed by atoms with Crippen molar-refractivity contribution in [3.63, 3.8) is 0 Å². The molecule has 3 heteroatoms. The van der Waals surface area contributed by atoms with Gasteiger partial charge in [-0.3, -0.25) is 0 Å². The molecule has 0 radical (unpaired) electrons. The van der Waals surface area contributed by atoms with Crippen molar-refractivity contribution in [3.8, 4) is 33.4 Å². The highest BCUT2D eigenvalue weighted by atomic mass is 28.3. The van der Waals surface area contributed by atoms with Gasteiger partial charge in [0.25, 0.3) is 0 Å². The van der Waals surface area contributed by atoms with Crippen LogP contribution in [-0.2, 0) is 0 Å². The molecule has 10 aromatic carbocycles. The molecule has 0 fully saturated rings. The van der Waals surface area contributed by atoms with E-state index in [2.05, 4.69) is 277 Å². The van der Waals surface area contributed by atoms with Gasteiger partial charge < -0.3 is 9.80 Å². The Morgan fingerprint density at radius 1 is 0.270 bits per heavy atom. The van der Waals surface area contributed by atoms with Crippen molar-refractivity contribution in [1.82, 2.24) is 0 Å². The van der Waals surface area contributed by atoms with E-state index in [1.54, 1.807) is 0 Å². The van der Waals surface area contributed by atoms with Gasteiger partial charge in [0.05, 0.1) is 0 Å². The summed E-state index contributed by atoms with van der Waals surface area (Å²) in [6.45, 7) is 0. The Labute approximate surface area is 371 Å². The number of fused-ring (bicyclic) bond motifs is 2. The molecule has 63 heavy (non-hydrogen) atoms. The Kier molecular flexibility index (Phi) is 9.93. The summed E-state index contributed by atoms with van der Waals surface area (Å²) in [6, 6.07) is 97.8. The number of hydrogen-bond acceptors (Lipinski definition) is 2. The van der Waals surface area contributed by atoms with Crippen LogP contribution in [0.5, 0.6) is 0 Å². The third-order valence-corrected chi connectivity index (χ3v) is 17.4. The summed E-state index contributed by atoms with van der Waals surface area (Å²) < 4.78 is 0. The minimum absolute atomic E-state index is 1.09. The van der Waals surface area contributed by atoms with E-state index in [1.807, 2.05) is 0 Å². The lowest BCUT2D eigenvalue weighted by Gasteiger charge is -2.45. The molecule has 0 aliphatic carbocycles. The predicted octanol–water partition coefficient (Wildman–Crippen LogP) is 13.3. The lowest BCUT2D eigenvalue weighted by molar-refractivity contribution is 1.25. The van der Waals surface area contributed by atoms with Crippen molar-refractivity contribution in [1.29, 1.82) is 0 Å². The Bertz CT molecular complexity index is 3080. The molecule has 10 aromatic rings. The van der Waals surface area contributed by atoms with E-state index in [-0.39, 0.29) is 0 Å². The van der Waals surface area contributed by atoms with Crippen LogP contribution in [0, 0.1) is 0 Å². The molecule has 0 aromatic heterocycles. The highest BCUT2D eigenvalue weighted by Gasteiger charge is 2.49. The summed E-state index contributed by atoms with van der Waals surface area (Å²) in [6.07, 6.45) is 0. The molecule has 0 saturated heterocycles. The van der Waals surface area contributed by atoms with E-state index in [9.17, 15) is 0 Å². The topological polar surface area (TPSA) is 6.48 Å². The fourth-order valence-corrected chi connectivity index (χ4v) is 14.7. The second-order valence-electron chi connectivity index (χ2n) is 16.1. The average Bonchev–Trinajstić information content (AvgIpc) is 3.37. The maximum absolute atomic E-state index is 2.84. The highest BCUT2D eigenvalue weighted by Crippen LogP contribution is 2.43. The van der Waals surface area contributed by atoms with Crippen LogP contribution < -0.4 is 30.5 Å². The molecule has 0 spiro atoms. The largest absolute Gasteiger partial charge is 0.311 e. The molecule has 2 nitrogen and oxygen atoms in total. The molecule has 1 aliphatic heterocycles. The molecule has 0 N–H and O–H groups in total. The zero-order chi connectivity index (χ0) is 42.0. The van der Waals surface area contributed by atoms with E-state index < -0.39 is 8.07 Å². The van der Waals surface area contributed by atoms with Crippen LogP contribution in [0.3, 0.4) is 0 Å². The smallest absolute Gasteiger partial charge is 0.184 e. The van der Waals surface area contributed by atoms with Crippen LogP contribution in [0.4, 0.5) is 34.1 Å². The first-order valence-corrected chi connectivity index (χ1v) is 23.7. The van der Waals surface area contributed by atoms with Gasteiger partial charge in [-0.15, -0.1) is 0 Å². The van der Waals surface area contributed by atoms with Crippen molar-refractivity contribution in [2.45, 2.75) is 0 Å². The first-order chi connectivity index (χ1) is 31.3. The quantitative estimate of drug-likeness (QED) is 0.134. The molecule has 0 amide bonds. The summed E-state index contributed by atoms with van der Waals surface area (Å²) in [5.41, 5.74) is 14.0. The zero-order valence-corrected chi connectivity index (χ0v) is 35.8. The van der Waals surface area contributed by atoms with E-state index in [0.29, 0.717) is 0 Å². The van der Waals surface area contributed by atoms with Crippen LogP contribution in [0.15, 0.2) is 267 Å². The number of hydrogen-bond donors (Lipinski definition) is 0. The van der Waals surface area contributed by atoms with Gasteiger partial charge in [0.15, 0.2) is 8.07 Å². The monoisotopic (exact) mass is 820 g/mol. The van der Waals surface area contributed by atoms with Gasteiger partial charge in [-0.1, -0.05) is 212 Å². The van der Waals surface area contributed by atoms with Crippen LogP contribution in [0.1, 0.15) is 0 Å². The van der Waals surface area contributed by atoms with Gasteiger partial charge in [-0.25, -0.2) is 0 Å². The fourth-order valence-electron chi connectivity index (χ4n) is 9.61. The summed E-state index contributed by atoms with van der Waals surface area (Å²) in [5.74, 6) is 0. The molecule has 0 bridgehead atoms. The molecule has 0 atom stereocenters. The Hall–Kier alpha value is -7.98. The maximum atomic E-state index is 2.49. The normalized spacial score (nSPS) is 12.5. The van der Waals surface area contributed by atoms with Crippen molar-refractivity contribution in [2.75, 3.05) is 9.80 Å². The second-order valence-corrected chi connectivity index (χ2v) is 19.8. The van der Waals surface area contributed by atoms with Crippen molar-refractivity contribution >= 4 is 62.9 Å². The summed E-state index contributed by atoms with van der Waals surface area (Å²) >= 11 is 0. The molecule has 1 aliphatic rings. The fraction of sp³-hybridized carbons (Fsp3) is 0. The lowest BCUT2D eigenvalue weighted by Crippen LogP contribution is -2.77. The first-order valence-electron chi connectivity index (χ1n) is 21.7. The average molecular weight is 821 g/mol. The van der Waals surface area contributed by atoms with Gasteiger partial charge in [0.1, 0.15) is 0 Å². The predicted molar refractivity (Wildman–Crippen MR) is 269 cm³/mol. The molecular weight excluding hydrogens is 777 g/mol. The molecule has 298 valence electrons. The van der Waals surface area contributed by atoms with Crippen LogP contribution in [0.25, 0.3) is 33.4 Å². The lowest BCUT2D eigenvalue weighted by atomic mass is 10.00. The first kappa shape index (κ1) is 38.0. The Morgan fingerprint density at radius 2 is 0.619 bits per heavy atom. The van der Waals surface area contributed by atoms with Crippen molar-refractivity contribution in [2.24, 2.45) is 0 Å². The third-order valence-electron chi connectivity index (χ3n) is 12.5. The van der Waals surface area contributed by atoms with Crippen LogP contribution >= 0.6 is 0 Å². The zero-order valence-electron chi connectivity index (χ0n) is 34.8. The standard InChI is InChI=1S/C60H44N2Si/c1-6-18-45(19-7-1)47-30-32-48(33-31-47)50-36-40-53(41-37-50)61(52-38-34-49(35-39-52)46-20-8-2-9-21-46)54-42-43-60-58(44-54)62(51-22-10-3-11-23-51)57-28-16-17-29-59(57)63(60,55-24-12-4-13-25-55)56-26-14-5-15-27-56/h1-44H. The van der Waals surface area contributed by atoms with E-state index >= 15 is 0 Å². The molecule has 11 rings (SSSR count). The van der Waals surface area contributed by atoms with Crippen molar-refractivity contribution in [3.05, 3.63) is 267 Å². The number of anilines is 6. The molecular formula is C60H44N2Si. The Morgan fingerprint density at radius 3 is 1.10 bits per heavy atom. The summed E-state index contributed by atoms with van der Waals surface area (Å²) in [7, 11) is -2.84. The summed E-state index contributed by atoms with van der Waals surface area (Å²) in [4.78, 5) is 4.90. The van der Waals surface area contributed by atoms with Gasteiger partial charge >= 0.3 is 0 Å². The third kappa shape index (κ3) is 6.86. The second kappa shape index (κ2) is 16.5. The minimum atomic E-state index is -2.84. The molecule has 1 heterocycles. The molecule has 0 saturated carbocycles. The van der Waals surface area contributed by atoms with E-state index in [4.69, 9.17) is 0 Å².